The van der Waals surface area contributed by atoms with Crippen LogP contribution in [0.1, 0.15) is 11.1 Å². The van der Waals surface area contributed by atoms with E-state index in [-0.39, 0.29) is 0 Å². The third-order valence-corrected chi connectivity index (χ3v) is 4.80. The lowest BCUT2D eigenvalue weighted by Gasteiger charge is -2.03. The summed E-state index contributed by atoms with van der Waals surface area (Å²) < 4.78 is 2.00. The molecule has 0 saturated heterocycles. The van der Waals surface area contributed by atoms with Crippen molar-refractivity contribution in [3.8, 4) is 0 Å². The van der Waals surface area contributed by atoms with E-state index in [0.29, 0.717) is 0 Å². The Balaban J connectivity index is 2.27. The predicted molar refractivity (Wildman–Crippen MR) is 69.9 cm³/mol. The van der Waals surface area contributed by atoms with Gasteiger partial charge in [0.25, 0.3) is 0 Å². The number of aromatic nitrogens is 1. The van der Waals surface area contributed by atoms with Crippen molar-refractivity contribution in [2.75, 3.05) is 0 Å². The van der Waals surface area contributed by atoms with Gasteiger partial charge in [-0.3, -0.25) is 0 Å². The van der Waals surface area contributed by atoms with Crippen LogP contribution in [0.3, 0.4) is 0 Å². The van der Waals surface area contributed by atoms with Crippen LogP contribution in [0, 0.1) is 13.8 Å². The lowest BCUT2D eigenvalue weighted by molar-refractivity contribution is 1.20. The summed E-state index contributed by atoms with van der Waals surface area (Å²) in [6.45, 7) is 4.24. The van der Waals surface area contributed by atoms with Gasteiger partial charge < -0.3 is 0 Å². The molecule has 0 bridgehead atoms. The number of hydrogen-bond acceptors (Lipinski definition) is 3. The molecule has 78 valence electrons. The zero-order valence-corrected chi connectivity index (χ0v) is 11.7. The van der Waals surface area contributed by atoms with Crippen LogP contribution in [0.4, 0.5) is 0 Å². The molecule has 0 N–H and O–H groups in total. The van der Waals surface area contributed by atoms with Crippen LogP contribution >= 0.6 is 39.0 Å². The van der Waals surface area contributed by atoms with E-state index >= 15 is 0 Å². The molecule has 0 amide bonds. The second-order valence-electron chi connectivity index (χ2n) is 3.31. The van der Waals surface area contributed by atoms with Crippen LogP contribution in [-0.4, -0.2) is 4.98 Å². The van der Waals surface area contributed by atoms with Crippen molar-refractivity contribution in [2.24, 2.45) is 0 Å². The Kier molecular flexibility index (Phi) is 3.49. The average Bonchev–Trinajstić information content (AvgIpc) is 2.58. The van der Waals surface area contributed by atoms with Gasteiger partial charge in [-0.1, -0.05) is 23.9 Å². The van der Waals surface area contributed by atoms with Crippen molar-refractivity contribution in [2.45, 2.75) is 23.1 Å². The fraction of sp³-hybridized carbons (Fsp3) is 0.182. The molecule has 4 heteroatoms. The van der Waals surface area contributed by atoms with E-state index in [4.69, 9.17) is 0 Å². The maximum absolute atomic E-state index is 4.37. The van der Waals surface area contributed by atoms with Gasteiger partial charge in [0, 0.05) is 10.3 Å². The maximum Gasteiger partial charge on any atom is 0.155 e. The fourth-order valence-corrected chi connectivity index (χ4v) is 3.70. The fourth-order valence-electron chi connectivity index (χ4n) is 1.20. The van der Waals surface area contributed by atoms with Gasteiger partial charge in [-0.15, -0.1) is 11.3 Å². The molecule has 1 aromatic carbocycles. The van der Waals surface area contributed by atoms with E-state index in [2.05, 4.69) is 53.0 Å². The molecule has 0 radical (unpaired) electrons. The van der Waals surface area contributed by atoms with Crippen LogP contribution in [0.15, 0.2) is 37.4 Å². The summed E-state index contributed by atoms with van der Waals surface area (Å²) in [6, 6.07) is 6.49. The average molecular weight is 300 g/mol. The number of rotatable bonds is 2. The summed E-state index contributed by atoms with van der Waals surface area (Å²) in [6.07, 6.45) is 0. The Morgan fingerprint density at radius 2 is 2.13 bits per heavy atom. The Morgan fingerprint density at radius 3 is 2.80 bits per heavy atom. The smallest absolute Gasteiger partial charge is 0.155 e. The SMILES string of the molecule is Cc1ccc(C)c(Sc2nc(Br)cs2)c1. The van der Waals surface area contributed by atoms with E-state index in [1.807, 2.05) is 5.38 Å². The molecular formula is C11H10BrNS2. The maximum atomic E-state index is 4.37. The highest BCUT2D eigenvalue weighted by atomic mass is 79.9. The number of hydrogen-bond donors (Lipinski definition) is 0. The van der Waals surface area contributed by atoms with Gasteiger partial charge in [0.1, 0.15) is 4.60 Å². The third kappa shape index (κ3) is 2.83. The molecule has 2 aromatic rings. The molecule has 0 aliphatic rings. The number of benzene rings is 1. The zero-order chi connectivity index (χ0) is 10.8. The van der Waals surface area contributed by atoms with Crippen LogP contribution in [-0.2, 0) is 0 Å². The molecule has 0 atom stereocenters. The molecule has 2 rings (SSSR count). The van der Waals surface area contributed by atoms with E-state index in [1.54, 1.807) is 23.1 Å². The third-order valence-electron chi connectivity index (χ3n) is 2.00. The van der Waals surface area contributed by atoms with Gasteiger partial charge in [0.2, 0.25) is 0 Å². The Bertz CT molecular complexity index is 479. The summed E-state index contributed by atoms with van der Waals surface area (Å²) >= 11 is 6.75. The van der Waals surface area contributed by atoms with Gasteiger partial charge in [0.05, 0.1) is 0 Å². The summed E-state index contributed by atoms with van der Waals surface area (Å²) in [7, 11) is 0. The summed E-state index contributed by atoms with van der Waals surface area (Å²) in [4.78, 5) is 5.66. The summed E-state index contributed by atoms with van der Waals surface area (Å²) in [5.74, 6) is 0. The molecular weight excluding hydrogens is 290 g/mol. The first-order valence-corrected chi connectivity index (χ1v) is 7.00. The first-order valence-electron chi connectivity index (χ1n) is 4.51. The van der Waals surface area contributed by atoms with Crippen LogP contribution < -0.4 is 0 Å². The first kappa shape index (κ1) is 11.2. The van der Waals surface area contributed by atoms with Gasteiger partial charge in [-0.2, -0.15) is 0 Å². The number of aryl methyl sites for hydroxylation is 2. The molecule has 1 nitrogen and oxygen atoms in total. The second kappa shape index (κ2) is 4.68. The number of nitrogens with zero attached hydrogens (tertiary/aromatic N) is 1. The number of thiazole rings is 1. The normalized spacial score (nSPS) is 10.6. The van der Waals surface area contributed by atoms with Crippen molar-refractivity contribution >= 4 is 39.0 Å². The standard InChI is InChI=1S/C11H10BrNS2/c1-7-3-4-8(2)9(5-7)15-11-13-10(12)6-14-11/h3-6H,1-2H3. The molecule has 0 fully saturated rings. The van der Waals surface area contributed by atoms with Crippen LogP contribution in [0.5, 0.6) is 0 Å². The quantitative estimate of drug-likeness (QED) is 0.799. The molecule has 0 saturated carbocycles. The summed E-state index contributed by atoms with van der Waals surface area (Å²) in [5.41, 5.74) is 2.59. The minimum atomic E-state index is 0.917. The van der Waals surface area contributed by atoms with E-state index < -0.39 is 0 Å². The van der Waals surface area contributed by atoms with Crippen molar-refractivity contribution in [1.29, 1.82) is 0 Å². The Morgan fingerprint density at radius 1 is 1.33 bits per heavy atom. The molecule has 15 heavy (non-hydrogen) atoms. The molecule has 0 unspecified atom stereocenters. The molecule has 1 aromatic heterocycles. The monoisotopic (exact) mass is 299 g/mol. The largest absolute Gasteiger partial charge is 0.222 e. The lowest BCUT2D eigenvalue weighted by Crippen LogP contribution is -1.81. The van der Waals surface area contributed by atoms with Gasteiger partial charge >= 0.3 is 0 Å². The Labute approximate surface area is 106 Å². The Hall–Kier alpha value is -0.320. The van der Waals surface area contributed by atoms with Gasteiger partial charge in [0.15, 0.2) is 4.34 Å². The molecule has 1 heterocycles. The van der Waals surface area contributed by atoms with Crippen molar-refractivity contribution in [3.05, 3.63) is 39.3 Å². The highest BCUT2D eigenvalue weighted by Gasteiger charge is 2.05. The van der Waals surface area contributed by atoms with E-state index in [1.165, 1.54) is 16.0 Å². The van der Waals surface area contributed by atoms with Crippen molar-refractivity contribution < 1.29 is 0 Å². The minimum Gasteiger partial charge on any atom is -0.222 e. The summed E-state index contributed by atoms with van der Waals surface area (Å²) in [5, 5.41) is 2.01. The van der Waals surface area contributed by atoms with Crippen molar-refractivity contribution in [1.82, 2.24) is 4.98 Å². The second-order valence-corrected chi connectivity index (χ2v) is 6.27. The zero-order valence-electron chi connectivity index (χ0n) is 8.45. The van der Waals surface area contributed by atoms with Gasteiger partial charge in [-0.05, 0) is 47.0 Å². The van der Waals surface area contributed by atoms with Crippen LogP contribution in [0.2, 0.25) is 0 Å². The highest BCUT2D eigenvalue weighted by molar-refractivity contribution is 9.10. The molecule has 0 spiro atoms. The molecule has 0 aliphatic carbocycles. The highest BCUT2D eigenvalue weighted by Crippen LogP contribution is 2.33. The molecule has 0 aliphatic heterocycles. The minimum absolute atomic E-state index is 0.917. The van der Waals surface area contributed by atoms with E-state index in [9.17, 15) is 0 Å². The first-order chi connectivity index (χ1) is 7.15. The van der Waals surface area contributed by atoms with E-state index in [0.717, 1.165) is 8.94 Å². The number of halogens is 1. The predicted octanol–water partition coefficient (Wildman–Crippen LogP) is 4.67. The van der Waals surface area contributed by atoms with Gasteiger partial charge in [-0.25, -0.2) is 4.98 Å². The van der Waals surface area contributed by atoms with Crippen LogP contribution in [0.25, 0.3) is 0 Å². The topological polar surface area (TPSA) is 12.9 Å². The van der Waals surface area contributed by atoms with Crippen molar-refractivity contribution in [3.63, 3.8) is 0 Å². The lowest BCUT2D eigenvalue weighted by atomic mass is 10.2.